The van der Waals surface area contributed by atoms with Crippen LogP contribution in [0.1, 0.15) is 23.2 Å². The summed E-state index contributed by atoms with van der Waals surface area (Å²) in [7, 11) is 1.48. The lowest BCUT2D eigenvalue weighted by Gasteiger charge is -2.35. The molecule has 0 aromatic carbocycles. The van der Waals surface area contributed by atoms with Crippen LogP contribution in [-0.2, 0) is 4.79 Å². The van der Waals surface area contributed by atoms with Gasteiger partial charge in [0.2, 0.25) is 11.8 Å². The third-order valence-corrected chi connectivity index (χ3v) is 4.19. The first-order valence-electron chi connectivity index (χ1n) is 7.50. The predicted molar refractivity (Wildman–Crippen MR) is 80.0 cm³/mol. The van der Waals surface area contributed by atoms with Gasteiger partial charge in [-0.2, -0.15) is 0 Å². The number of hydrogen-bond acceptors (Lipinski definition) is 5. The van der Waals surface area contributed by atoms with Crippen LogP contribution >= 0.6 is 0 Å². The number of rotatable bonds is 3. The number of nitrogens with zero attached hydrogens (tertiary/aromatic N) is 3. The van der Waals surface area contributed by atoms with Crippen LogP contribution in [0.25, 0.3) is 0 Å². The van der Waals surface area contributed by atoms with E-state index in [1.54, 1.807) is 23.2 Å². The number of piperidine rings is 1. The Morgan fingerprint density at radius 1 is 1.35 bits per heavy atom. The molecule has 2 aliphatic heterocycles. The zero-order valence-corrected chi connectivity index (χ0v) is 12.8. The maximum Gasteiger partial charge on any atom is 0.324 e. The number of nitrogens with one attached hydrogen (secondary N) is 1. The molecule has 1 aromatic heterocycles. The zero-order valence-electron chi connectivity index (χ0n) is 12.8. The molecule has 3 rings (SSSR count). The number of methoxy groups -OCH3 is 1. The highest BCUT2D eigenvalue weighted by Gasteiger charge is 2.37. The molecular weight excluding hydrogens is 300 g/mol. The molecule has 122 valence electrons. The van der Waals surface area contributed by atoms with Crippen LogP contribution < -0.4 is 10.1 Å². The number of amides is 4. The summed E-state index contributed by atoms with van der Waals surface area (Å²) < 4.78 is 5.12. The molecular formula is C15H18N4O4. The van der Waals surface area contributed by atoms with E-state index in [1.165, 1.54) is 12.0 Å². The number of pyridine rings is 1. The van der Waals surface area contributed by atoms with Crippen LogP contribution in [0.15, 0.2) is 18.3 Å². The van der Waals surface area contributed by atoms with Gasteiger partial charge in [0, 0.05) is 25.3 Å². The van der Waals surface area contributed by atoms with Crippen LogP contribution in [0.4, 0.5) is 4.79 Å². The van der Waals surface area contributed by atoms with Gasteiger partial charge in [0.05, 0.1) is 13.7 Å². The fourth-order valence-corrected chi connectivity index (χ4v) is 3.02. The predicted octanol–water partition coefficient (Wildman–Crippen LogP) is 0.247. The van der Waals surface area contributed by atoms with Crippen LogP contribution in [0.3, 0.4) is 0 Å². The molecule has 0 aliphatic carbocycles. The van der Waals surface area contributed by atoms with Crippen molar-refractivity contribution in [1.82, 2.24) is 20.1 Å². The number of carbonyl (C=O) groups is 3. The van der Waals surface area contributed by atoms with E-state index < -0.39 is 0 Å². The molecule has 1 N–H and O–H groups in total. The lowest BCUT2D eigenvalue weighted by Crippen LogP contribution is -2.49. The number of ether oxygens (including phenoxy) is 1. The van der Waals surface area contributed by atoms with Gasteiger partial charge in [-0.05, 0) is 25.0 Å². The normalized spacial score (nSPS) is 19.0. The molecule has 0 atom stereocenters. The van der Waals surface area contributed by atoms with Gasteiger partial charge in [0.15, 0.2) is 0 Å². The van der Waals surface area contributed by atoms with Crippen molar-refractivity contribution in [2.24, 2.45) is 0 Å². The second kappa shape index (κ2) is 6.23. The third kappa shape index (κ3) is 2.84. The van der Waals surface area contributed by atoms with Crippen LogP contribution in [-0.4, -0.2) is 65.4 Å². The van der Waals surface area contributed by atoms with E-state index in [9.17, 15) is 14.4 Å². The van der Waals surface area contributed by atoms with Gasteiger partial charge >= 0.3 is 6.03 Å². The molecule has 23 heavy (non-hydrogen) atoms. The molecule has 0 saturated carbocycles. The summed E-state index contributed by atoms with van der Waals surface area (Å²) in [6.45, 7) is 1.03. The van der Waals surface area contributed by atoms with Crippen molar-refractivity contribution in [2.75, 3.05) is 26.7 Å². The van der Waals surface area contributed by atoms with Gasteiger partial charge in [-0.15, -0.1) is 0 Å². The first-order valence-corrected chi connectivity index (χ1v) is 7.50. The van der Waals surface area contributed by atoms with E-state index in [0.717, 1.165) is 0 Å². The molecule has 0 spiro atoms. The van der Waals surface area contributed by atoms with Gasteiger partial charge in [0.25, 0.3) is 5.91 Å². The van der Waals surface area contributed by atoms with E-state index in [0.29, 0.717) is 37.4 Å². The van der Waals surface area contributed by atoms with Crippen molar-refractivity contribution < 1.29 is 19.1 Å². The Bertz CT molecular complexity index is 624. The highest BCUT2D eigenvalue weighted by molar-refractivity contribution is 6.02. The Labute approximate surface area is 133 Å². The number of carbonyl (C=O) groups excluding carboxylic acids is 3. The van der Waals surface area contributed by atoms with E-state index in [2.05, 4.69) is 10.3 Å². The second-order valence-electron chi connectivity index (χ2n) is 5.51. The van der Waals surface area contributed by atoms with Crippen molar-refractivity contribution in [3.05, 3.63) is 23.9 Å². The van der Waals surface area contributed by atoms with Gasteiger partial charge in [-0.25, -0.2) is 9.78 Å². The highest BCUT2D eigenvalue weighted by Crippen LogP contribution is 2.22. The number of hydrogen-bond donors (Lipinski definition) is 1. The summed E-state index contributed by atoms with van der Waals surface area (Å²) in [6.07, 6.45) is 2.72. The fourth-order valence-electron chi connectivity index (χ4n) is 3.02. The SMILES string of the molecule is COc1ncccc1C(=O)N1CCC(N2C(=O)CNC2=O)CC1. The lowest BCUT2D eigenvalue weighted by atomic mass is 10.0. The first-order chi connectivity index (χ1) is 11.1. The molecule has 0 radical (unpaired) electrons. The zero-order chi connectivity index (χ0) is 16.4. The Balaban J connectivity index is 1.66. The summed E-state index contributed by atoms with van der Waals surface area (Å²) >= 11 is 0. The molecule has 2 saturated heterocycles. The largest absolute Gasteiger partial charge is 0.480 e. The average molecular weight is 318 g/mol. The molecule has 0 bridgehead atoms. The quantitative estimate of drug-likeness (QED) is 0.807. The molecule has 2 fully saturated rings. The monoisotopic (exact) mass is 318 g/mol. The van der Waals surface area contributed by atoms with Crippen LogP contribution in [0, 0.1) is 0 Å². The Morgan fingerprint density at radius 2 is 2.09 bits per heavy atom. The van der Waals surface area contributed by atoms with Gasteiger partial charge in [0.1, 0.15) is 5.56 Å². The smallest absolute Gasteiger partial charge is 0.324 e. The number of urea groups is 1. The summed E-state index contributed by atoms with van der Waals surface area (Å²) in [5.74, 6) is -0.0481. The standard InChI is InChI=1S/C15H18N4O4/c1-23-13-11(3-2-6-16-13)14(21)18-7-4-10(5-8-18)19-12(20)9-17-15(19)22/h2-3,6,10H,4-5,7-9H2,1H3,(H,17,22). The van der Waals surface area contributed by atoms with Crippen molar-refractivity contribution in [2.45, 2.75) is 18.9 Å². The molecule has 2 aliphatic rings. The molecule has 3 heterocycles. The summed E-state index contributed by atoms with van der Waals surface area (Å²) in [5.41, 5.74) is 0.420. The lowest BCUT2D eigenvalue weighted by molar-refractivity contribution is -0.127. The minimum absolute atomic E-state index is 0.0604. The highest BCUT2D eigenvalue weighted by atomic mass is 16.5. The van der Waals surface area contributed by atoms with Crippen LogP contribution in [0.2, 0.25) is 0 Å². The van der Waals surface area contributed by atoms with Crippen molar-refractivity contribution in [3.8, 4) is 5.88 Å². The topological polar surface area (TPSA) is 91.8 Å². The molecule has 4 amide bonds. The number of imide groups is 1. The minimum Gasteiger partial charge on any atom is -0.480 e. The third-order valence-electron chi connectivity index (χ3n) is 4.19. The Morgan fingerprint density at radius 3 is 2.70 bits per heavy atom. The van der Waals surface area contributed by atoms with Crippen LogP contribution in [0.5, 0.6) is 5.88 Å². The summed E-state index contributed by atoms with van der Waals surface area (Å²) in [5, 5.41) is 2.52. The van der Waals surface area contributed by atoms with Gasteiger partial charge in [-0.1, -0.05) is 0 Å². The molecule has 8 nitrogen and oxygen atoms in total. The first kappa shape index (κ1) is 15.3. The van der Waals surface area contributed by atoms with E-state index >= 15 is 0 Å². The number of likely N-dealkylation sites (tertiary alicyclic amines) is 1. The summed E-state index contributed by atoms with van der Waals surface area (Å²) in [4.78, 5) is 43.0. The summed E-state index contributed by atoms with van der Waals surface area (Å²) in [6, 6.07) is 2.88. The van der Waals surface area contributed by atoms with Crippen molar-refractivity contribution in [1.29, 1.82) is 0 Å². The molecule has 8 heteroatoms. The average Bonchev–Trinajstić information content (AvgIpc) is 2.93. The Hall–Kier alpha value is -2.64. The Kier molecular flexibility index (Phi) is 4.14. The number of aromatic nitrogens is 1. The van der Waals surface area contributed by atoms with E-state index in [4.69, 9.17) is 4.74 Å². The van der Waals surface area contributed by atoms with Gasteiger partial charge in [-0.3, -0.25) is 14.5 Å². The maximum absolute atomic E-state index is 12.6. The fraction of sp³-hybridized carbons (Fsp3) is 0.467. The van der Waals surface area contributed by atoms with Crippen molar-refractivity contribution in [3.63, 3.8) is 0 Å². The maximum atomic E-state index is 12.6. The van der Waals surface area contributed by atoms with Gasteiger partial charge < -0.3 is 15.0 Å². The second-order valence-corrected chi connectivity index (χ2v) is 5.51. The minimum atomic E-state index is -0.339. The molecule has 0 unspecified atom stereocenters. The van der Waals surface area contributed by atoms with E-state index in [-0.39, 0.29) is 30.4 Å². The van der Waals surface area contributed by atoms with Crippen molar-refractivity contribution >= 4 is 17.8 Å². The molecule has 1 aromatic rings. The van der Waals surface area contributed by atoms with E-state index in [1.807, 2.05) is 0 Å².